The van der Waals surface area contributed by atoms with Crippen molar-refractivity contribution in [3.8, 4) is 5.69 Å². The zero-order valence-corrected chi connectivity index (χ0v) is 14.2. The molecule has 1 amide bonds. The molecule has 6 heteroatoms. The van der Waals surface area contributed by atoms with Crippen molar-refractivity contribution < 1.29 is 4.79 Å². The Kier molecular flexibility index (Phi) is 4.82. The highest BCUT2D eigenvalue weighted by Gasteiger charge is 2.04. The zero-order valence-electron chi connectivity index (χ0n) is 12.1. The van der Waals surface area contributed by atoms with Crippen LogP contribution in [0, 0.1) is 3.57 Å². The van der Waals surface area contributed by atoms with Gasteiger partial charge in [-0.1, -0.05) is 6.07 Å². The Morgan fingerprint density at radius 1 is 1.13 bits per heavy atom. The summed E-state index contributed by atoms with van der Waals surface area (Å²) in [6.07, 6.45) is 5.13. The molecule has 1 N–H and O–H groups in total. The zero-order chi connectivity index (χ0) is 16.1. The van der Waals surface area contributed by atoms with E-state index < -0.39 is 0 Å². The lowest BCUT2D eigenvalue weighted by Gasteiger charge is -2.06. The van der Waals surface area contributed by atoms with E-state index in [1.807, 2.05) is 47.2 Å². The van der Waals surface area contributed by atoms with Crippen molar-refractivity contribution >= 4 is 34.7 Å². The van der Waals surface area contributed by atoms with Crippen molar-refractivity contribution in [3.05, 3.63) is 81.9 Å². The van der Waals surface area contributed by atoms with Crippen LogP contribution in [0.25, 0.3) is 5.69 Å². The first-order valence-electron chi connectivity index (χ1n) is 6.92. The molecule has 0 aliphatic heterocycles. The van der Waals surface area contributed by atoms with E-state index >= 15 is 0 Å². The second kappa shape index (κ2) is 7.19. The predicted molar refractivity (Wildman–Crippen MR) is 97.8 cm³/mol. The van der Waals surface area contributed by atoms with Gasteiger partial charge < -0.3 is 4.57 Å². The van der Waals surface area contributed by atoms with Crippen LogP contribution in [0.15, 0.2) is 72.1 Å². The van der Waals surface area contributed by atoms with Crippen LogP contribution in [0.5, 0.6) is 0 Å². The Morgan fingerprint density at radius 2 is 1.96 bits per heavy atom. The number of carbonyl (C=O) groups is 1. The molecule has 3 rings (SSSR count). The molecule has 1 aromatic carbocycles. The third-order valence-corrected chi connectivity index (χ3v) is 3.86. The molecule has 3 aromatic rings. The molecule has 0 aliphatic carbocycles. The van der Waals surface area contributed by atoms with E-state index in [9.17, 15) is 4.79 Å². The molecule has 0 unspecified atom stereocenters. The van der Waals surface area contributed by atoms with Crippen LogP contribution in [0.3, 0.4) is 0 Å². The SMILES string of the molecule is O=C(N/N=C/c1cccn1-c1ccc(I)cc1)c1ccccn1. The summed E-state index contributed by atoms with van der Waals surface area (Å²) in [7, 11) is 0. The van der Waals surface area contributed by atoms with Crippen LogP contribution in [0.4, 0.5) is 0 Å². The second-order valence-electron chi connectivity index (χ2n) is 4.69. The summed E-state index contributed by atoms with van der Waals surface area (Å²) in [4.78, 5) is 15.8. The number of hydrogen-bond donors (Lipinski definition) is 1. The minimum absolute atomic E-state index is 0.331. The fourth-order valence-corrected chi connectivity index (χ4v) is 2.41. The number of amides is 1. The van der Waals surface area contributed by atoms with Gasteiger partial charge in [-0.25, -0.2) is 5.43 Å². The lowest BCUT2D eigenvalue weighted by atomic mass is 10.3. The molecule has 0 atom stereocenters. The van der Waals surface area contributed by atoms with Crippen molar-refractivity contribution in [2.24, 2.45) is 5.10 Å². The van der Waals surface area contributed by atoms with E-state index in [1.54, 1.807) is 30.6 Å². The Balaban J connectivity index is 1.73. The fraction of sp³-hybridized carbons (Fsp3) is 0. The summed E-state index contributed by atoms with van der Waals surface area (Å²) in [5.74, 6) is -0.339. The Morgan fingerprint density at radius 3 is 2.70 bits per heavy atom. The maximum Gasteiger partial charge on any atom is 0.289 e. The summed E-state index contributed by atoms with van der Waals surface area (Å²) in [6, 6.07) is 17.2. The number of pyridine rings is 1. The van der Waals surface area contributed by atoms with Gasteiger partial charge in [0.1, 0.15) is 5.69 Å². The molecule has 23 heavy (non-hydrogen) atoms. The van der Waals surface area contributed by atoms with Gasteiger partial charge >= 0.3 is 0 Å². The molecule has 0 bridgehead atoms. The van der Waals surface area contributed by atoms with Crippen LogP contribution in [0.2, 0.25) is 0 Å². The van der Waals surface area contributed by atoms with Crippen molar-refractivity contribution in [3.63, 3.8) is 0 Å². The number of nitrogens with zero attached hydrogens (tertiary/aromatic N) is 3. The molecule has 5 nitrogen and oxygen atoms in total. The van der Waals surface area contributed by atoms with Crippen molar-refractivity contribution in [1.82, 2.24) is 15.0 Å². The molecular weight excluding hydrogens is 403 g/mol. The number of hydrogen-bond acceptors (Lipinski definition) is 3. The summed E-state index contributed by atoms with van der Waals surface area (Å²) >= 11 is 2.27. The van der Waals surface area contributed by atoms with E-state index in [0.717, 1.165) is 11.4 Å². The highest BCUT2D eigenvalue weighted by atomic mass is 127. The highest BCUT2D eigenvalue weighted by Crippen LogP contribution is 2.13. The average molecular weight is 416 g/mol. The van der Waals surface area contributed by atoms with Gasteiger partial charge in [0.25, 0.3) is 5.91 Å². The van der Waals surface area contributed by atoms with Gasteiger partial charge in [-0.05, 0) is 71.1 Å². The third kappa shape index (κ3) is 3.84. The largest absolute Gasteiger partial charge is 0.316 e. The lowest BCUT2D eigenvalue weighted by Crippen LogP contribution is -2.18. The quantitative estimate of drug-likeness (QED) is 0.404. The van der Waals surface area contributed by atoms with Crippen LogP contribution < -0.4 is 5.43 Å². The van der Waals surface area contributed by atoms with E-state index in [1.165, 1.54) is 3.57 Å². The number of halogens is 1. The molecular formula is C17H13IN4O. The van der Waals surface area contributed by atoms with Crippen LogP contribution in [0.1, 0.15) is 16.2 Å². The number of benzene rings is 1. The molecule has 0 aliphatic rings. The Labute approximate surface area is 147 Å². The summed E-state index contributed by atoms with van der Waals surface area (Å²) in [5, 5.41) is 4.01. The van der Waals surface area contributed by atoms with Crippen molar-refractivity contribution in [2.75, 3.05) is 0 Å². The van der Waals surface area contributed by atoms with Gasteiger partial charge in [0.15, 0.2) is 0 Å². The van der Waals surface area contributed by atoms with Crippen molar-refractivity contribution in [2.45, 2.75) is 0 Å². The van der Waals surface area contributed by atoms with E-state index in [-0.39, 0.29) is 5.91 Å². The first-order valence-corrected chi connectivity index (χ1v) is 7.99. The molecule has 2 aromatic heterocycles. The standard InChI is InChI=1S/C17H13IN4O/c18-13-6-8-14(9-7-13)22-11-3-4-15(22)12-20-21-17(23)16-5-1-2-10-19-16/h1-12H,(H,21,23)/b20-12+. The van der Waals surface area contributed by atoms with Crippen molar-refractivity contribution in [1.29, 1.82) is 0 Å². The van der Waals surface area contributed by atoms with Gasteiger partial charge in [0, 0.05) is 21.7 Å². The molecule has 0 saturated heterocycles. The van der Waals surface area contributed by atoms with Gasteiger partial charge in [-0.15, -0.1) is 0 Å². The summed E-state index contributed by atoms with van der Waals surface area (Å²) in [6.45, 7) is 0. The molecule has 2 heterocycles. The normalized spacial score (nSPS) is 10.8. The number of hydrazone groups is 1. The average Bonchev–Trinajstić information content (AvgIpc) is 3.05. The highest BCUT2D eigenvalue weighted by molar-refractivity contribution is 14.1. The Hall–Kier alpha value is -2.48. The fourth-order valence-electron chi connectivity index (χ4n) is 2.05. The Bertz CT molecular complexity index is 825. The second-order valence-corrected chi connectivity index (χ2v) is 5.94. The molecule has 0 spiro atoms. The van der Waals surface area contributed by atoms with Gasteiger partial charge in [-0.3, -0.25) is 9.78 Å². The monoisotopic (exact) mass is 416 g/mol. The summed E-state index contributed by atoms with van der Waals surface area (Å²) < 4.78 is 3.17. The van der Waals surface area contributed by atoms with Crippen LogP contribution in [-0.2, 0) is 0 Å². The number of aromatic nitrogens is 2. The third-order valence-electron chi connectivity index (χ3n) is 3.15. The maximum absolute atomic E-state index is 11.9. The first-order chi connectivity index (χ1) is 11.2. The molecule has 0 fully saturated rings. The van der Waals surface area contributed by atoms with Crippen LogP contribution in [-0.4, -0.2) is 21.7 Å². The number of carbonyl (C=O) groups excluding carboxylic acids is 1. The van der Waals surface area contributed by atoms with Crippen LogP contribution >= 0.6 is 22.6 Å². The predicted octanol–water partition coefficient (Wildman–Crippen LogP) is 3.24. The molecule has 114 valence electrons. The minimum atomic E-state index is -0.339. The first kappa shape index (κ1) is 15.4. The smallest absolute Gasteiger partial charge is 0.289 e. The van der Waals surface area contributed by atoms with E-state index in [2.05, 4.69) is 38.1 Å². The molecule has 0 saturated carbocycles. The van der Waals surface area contributed by atoms with Gasteiger partial charge in [0.05, 0.1) is 11.9 Å². The lowest BCUT2D eigenvalue weighted by molar-refractivity contribution is 0.0950. The maximum atomic E-state index is 11.9. The number of nitrogens with one attached hydrogen (secondary N) is 1. The topological polar surface area (TPSA) is 59.3 Å². The van der Waals surface area contributed by atoms with E-state index in [0.29, 0.717) is 5.69 Å². The van der Waals surface area contributed by atoms with Gasteiger partial charge in [0.2, 0.25) is 0 Å². The van der Waals surface area contributed by atoms with E-state index in [4.69, 9.17) is 0 Å². The number of rotatable bonds is 4. The summed E-state index contributed by atoms with van der Waals surface area (Å²) in [5.41, 5.74) is 4.71. The van der Waals surface area contributed by atoms with Gasteiger partial charge in [-0.2, -0.15) is 5.10 Å². The molecule has 0 radical (unpaired) electrons. The minimum Gasteiger partial charge on any atom is -0.316 e.